The molecule has 3 rings (SSSR count). The van der Waals surface area contributed by atoms with E-state index in [0.717, 1.165) is 15.3 Å². The first-order valence-corrected chi connectivity index (χ1v) is 10.5. The van der Waals surface area contributed by atoms with Gasteiger partial charge >= 0.3 is 0 Å². The second kappa shape index (κ2) is 9.07. The topological polar surface area (TPSA) is 67.2 Å². The third-order valence-electron chi connectivity index (χ3n) is 4.04. The van der Waals surface area contributed by atoms with Crippen molar-refractivity contribution in [2.45, 2.75) is 5.16 Å². The molecule has 6 nitrogen and oxygen atoms in total. The number of rotatable bonds is 6. The molecule has 28 heavy (non-hydrogen) atoms. The van der Waals surface area contributed by atoms with Crippen LogP contribution in [0.15, 0.2) is 70.6 Å². The molecule has 8 heteroatoms. The molecule has 144 valence electrons. The second-order valence-corrected chi connectivity index (χ2v) is 7.65. The highest BCUT2D eigenvalue weighted by Crippen LogP contribution is 2.21. The minimum absolute atomic E-state index is 0.0501. The lowest BCUT2D eigenvalue weighted by Gasteiger charge is -2.18. The molecule has 0 bridgehead atoms. The molecule has 0 unspecified atom stereocenters. The number of anilines is 1. The number of carbonyl (C=O) groups is 2. The number of halogens is 1. The number of likely N-dealkylation sites (N-methyl/N-ethyl adjacent to an activating group) is 1. The summed E-state index contributed by atoms with van der Waals surface area (Å²) in [4.78, 5) is 30.8. The van der Waals surface area contributed by atoms with E-state index in [1.807, 2.05) is 47.4 Å². The lowest BCUT2D eigenvalue weighted by Crippen LogP contribution is -2.35. The van der Waals surface area contributed by atoms with Gasteiger partial charge in [0.15, 0.2) is 5.16 Å². The molecule has 0 aliphatic rings. The van der Waals surface area contributed by atoms with Gasteiger partial charge in [-0.05, 0) is 52.5 Å². The van der Waals surface area contributed by atoms with Crippen LogP contribution in [0.5, 0.6) is 0 Å². The number of hydrogen-bond donors (Lipinski definition) is 1. The molecule has 1 heterocycles. The van der Waals surface area contributed by atoms with Crippen molar-refractivity contribution in [1.29, 1.82) is 0 Å². The van der Waals surface area contributed by atoms with Gasteiger partial charge in [0.25, 0.3) is 5.91 Å². The summed E-state index contributed by atoms with van der Waals surface area (Å²) in [7, 11) is 1.61. The number of imidazole rings is 1. The molecule has 1 aromatic heterocycles. The van der Waals surface area contributed by atoms with E-state index in [4.69, 9.17) is 0 Å². The van der Waals surface area contributed by atoms with E-state index < -0.39 is 0 Å². The fourth-order valence-corrected chi connectivity index (χ4v) is 3.60. The predicted molar refractivity (Wildman–Crippen MR) is 115 cm³/mol. The molecule has 0 atom stereocenters. The zero-order valence-electron chi connectivity index (χ0n) is 15.4. The van der Waals surface area contributed by atoms with Crippen LogP contribution in [-0.4, -0.2) is 46.1 Å². The Morgan fingerprint density at radius 3 is 2.75 bits per heavy atom. The molecule has 2 aromatic carbocycles. The molecule has 0 fully saturated rings. The van der Waals surface area contributed by atoms with Gasteiger partial charge in [0.05, 0.1) is 12.2 Å². The number of amides is 2. The minimum atomic E-state index is -0.266. The van der Waals surface area contributed by atoms with Crippen LogP contribution < -0.4 is 5.32 Å². The summed E-state index contributed by atoms with van der Waals surface area (Å²) in [5.74, 6) is -0.492. The monoisotopic (exact) mass is 458 g/mol. The van der Waals surface area contributed by atoms with E-state index in [-0.39, 0.29) is 18.4 Å². The maximum absolute atomic E-state index is 12.8. The van der Waals surface area contributed by atoms with Crippen molar-refractivity contribution in [2.75, 3.05) is 25.2 Å². The van der Waals surface area contributed by atoms with Gasteiger partial charge in [-0.2, -0.15) is 0 Å². The van der Waals surface area contributed by atoms with Crippen molar-refractivity contribution in [1.82, 2.24) is 14.5 Å². The number of benzene rings is 2. The summed E-state index contributed by atoms with van der Waals surface area (Å²) in [6, 6.07) is 14.6. The first-order valence-electron chi connectivity index (χ1n) is 8.47. The molecule has 0 aliphatic heterocycles. The molecule has 0 aliphatic carbocycles. The molecule has 0 radical (unpaired) electrons. The lowest BCUT2D eigenvalue weighted by atomic mass is 10.1. The van der Waals surface area contributed by atoms with Crippen molar-refractivity contribution < 1.29 is 9.59 Å². The first-order chi connectivity index (χ1) is 13.5. The molecular weight excluding hydrogens is 440 g/mol. The molecule has 2 amide bonds. The van der Waals surface area contributed by atoms with Crippen LogP contribution in [0.1, 0.15) is 10.4 Å². The van der Waals surface area contributed by atoms with Crippen LogP contribution in [0, 0.1) is 0 Å². The number of thioether (sulfide) groups is 1. The van der Waals surface area contributed by atoms with Crippen LogP contribution in [0.25, 0.3) is 5.69 Å². The highest BCUT2D eigenvalue weighted by atomic mass is 79.9. The van der Waals surface area contributed by atoms with E-state index in [9.17, 15) is 9.59 Å². The van der Waals surface area contributed by atoms with Crippen molar-refractivity contribution in [2.24, 2.45) is 0 Å². The number of hydrogen-bond acceptors (Lipinski definition) is 4. The average Bonchev–Trinajstić information content (AvgIpc) is 3.18. The smallest absolute Gasteiger partial charge is 0.254 e. The zero-order chi connectivity index (χ0) is 20.1. The highest BCUT2D eigenvalue weighted by Gasteiger charge is 2.16. The molecule has 0 saturated carbocycles. The van der Waals surface area contributed by atoms with E-state index in [1.54, 1.807) is 31.4 Å². The van der Waals surface area contributed by atoms with Crippen molar-refractivity contribution in [3.05, 3.63) is 71.0 Å². The zero-order valence-corrected chi connectivity index (χ0v) is 17.8. The Bertz CT molecular complexity index is 1010. The van der Waals surface area contributed by atoms with Gasteiger partial charge in [0.1, 0.15) is 0 Å². The summed E-state index contributed by atoms with van der Waals surface area (Å²) < 4.78 is 2.70. The van der Waals surface area contributed by atoms with Gasteiger partial charge in [-0.3, -0.25) is 14.2 Å². The van der Waals surface area contributed by atoms with E-state index in [0.29, 0.717) is 11.3 Å². The maximum Gasteiger partial charge on any atom is 0.254 e. The Balaban J connectivity index is 1.70. The quantitative estimate of drug-likeness (QED) is 0.565. The SMILES string of the molecule is CSc1nccn1-c1cccc(C(=O)N(C)CC(=O)Nc2ccccc2Br)c1. The predicted octanol–water partition coefficient (Wildman–Crippen LogP) is 4.07. The Hall–Kier alpha value is -2.58. The van der Waals surface area contributed by atoms with Crippen molar-refractivity contribution >= 4 is 45.2 Å². The van der Waals surface area contributed by atoms with Gasteiger partial charge < -0.3 is 10.2 Å². The minimum Gasteiger partial charge on any atom is -0.332 e. The fourth-order valence-electron chi connectivity index (χ4n) is 2.69. The largest absolute Gasteiger partial charge is 0.332 e. The van der Waals surface area contributed by atoms with Gasteiger partial charge in [-0.25, -0.2) is 4.98 Å². The summed E-state index contributed by atoms with van der Waals surface area (Å²) in [6.07, 6.45) is 5.52. The molecule has 0 spiro atoms. The summed E-state index contributed by atoms with van der Waals surface area (Å²) >= 11 is 4.92. The Morgan fingerprint density at radius 2 is 2.00 bits per heavy atom. The molecule has 1 N–H and O–H groups in total. The van der Waals surface area contributed by atoms with Crippen molar-refractivity contribution in [3.63, 3.8) is 0 Å². The standard InChI is InChI=1S/C20H19BrN4O2S/c1-24(13-18(26)23-17-9-4-3-8-16(17)21)19(27)14-6-5-7-15(12-14)25-11-10-22-20(25)28-2/h3-12H,13H2,1-2H3,(H,23,26). The molecule has 3 aromatic rings. The third kappa shape index (κ3) is 4.63. The van der Waals surface area contributed by atoms with Gasteiger partial charge in [0, 0.05) is 35.2 Å². The number of carbonyl (C=O) groups excluding carboxylic acids is 2. The van der Waals surface area contributed by atoms with Crippen LogP contribution >= 0.6 is 27.7 Å². The first kappa shape index (κ1) is 20.2. The van der Waals surface area contributed by atoms with Gasteiger partial charge in [0.2, 0.25) is 5.91 Å². The van der Waals surface area contributed by atoms with Crippen molar-refractivity contribution in [3.8, 4) is 5.69 Å². The fraction of sp³-hybridized carbons (Fsp3) is 0.150. The van der Waals surface area contributed by atoms with Crippen LogP contribution in [0.2, 0.25) is 0 Å². The summed E-state index contributed by atoms with van der Waals surface area (Å²) in [5, 5.41) is 3.64. The number of nitrogens with zero attached hydrogens (tertiary/aromatic N) is 3. The normalized spacial score (nSPS) is 10.5. The molecular formula is C20H19BrN4O2S. The van der Waals surface area contributed by atoms with Gasteiger partial charge in [-0.1, -0.05) is 30.0 Å². The van der Waals surface area contributed by atoms with Crippen LogP contribution in [0.4, 0.5) is 5.69 Å². The van der Waals surface area contributed by atoms with E-state index in [1.165, 1.54) is 16.7 Å². The summed E-state index contributed by atoms with van der Waals surface area (Å²) in [5.41, 5.74) is 2.02. The Labute approximate surface area is 176 Å². The Morgan fingerprint density at radius 1 is 1.21 bits per heavy atom. The third-order valence-corrected chi connectivity index (χ3v) is 5.39. The second-order valence-electron chi connectivity index (χ2n) is 6.02. The maximum atomic E-state index is 12.8. The number of para-hydroxylation sites is 1. The van der Waals surface area contributed by atoms with E-state index in [2.05, 4.69) is 26.2 Å². The summed E-state index contributed by atoms with van der Waals surface area (Å²) in [6.45, 7) is -0.0501. The molecule has 0 saturated heterocycles. The number of aromatic nitrogens is 2. The van der Waals surface area contributed by atoms with E-state index >= 15 is 0 Å². The lowest BCUT2D eigenvalue weighted by molar-refractivity contribution is -0.116. The van der Waals surface area contributed by atoms with Crippen LogP contribution in [0.3, 0.4) is 0 Å². The number of nitrogens with one attached hydrogen (secondary N) is 1. The van der Waals surface area contributed by atoms with Crippen LogP contribution in [-0.2, 0) is 4.79 Å². The highest BCUT2D eigenvalue weighted by molar-refractivity contribution is 9.10. The average molecular weight is 459 g/mol. The van der Waals surface area contributed by atoms with Gasteiger partial charge in [-0.15, -0.1) is 0 Å². The Kier molecular flexibility index (Phi) is 6.53.